The van der Waals surface area contributed by atoms with Crippen LogP contribution in [0, 0.1) is 17.2 Å². The van der Waals surface area contributed by atoms with E-state index in [9.17, 15) is 15.2 Å². The van der Waals surface area contributed by atoms with Gasteiger partial charge in [0.25, 0.3) is 0 Å². The Hall–Kier alpha value is -2.07. The van der Waals surface area contributed by atoms with Crippen LogP contribution in [-0.4, -0.2) is 40.4 Å². The van der Waals surface area contributed by atoms with Crippen molar-refractivity contribution in [2.75, 3.05) is 6.54 Å². The fourth-order valence-corrected chi connectivity index (χ4v) is 4.68. The summed E-state index contributed by atoms with van der Waals surface area (Å²) in [6.07, 6.45) is 2.39. The van der Waals surface area contributed by atoms with Crippen LogP contribution < -0.4 is 5.32 Å². The van der Waals surface area contributed by atoms with Crippen LogP contribution in [0.1, 0.15) is 43.5 Å². The quantitative estimate of drug-likeness (QED) is 0.730. The molecular formula is C22H28ClN3O3. The highest BCUT2D eigenvalue weighted by molar-refractivity contribution is 5.87. The van der Waals surface area contributed by atoms with Crippen LogP contribution in [0.4, 0.5) is 0 Å². The van der Waals surface area contributed by atoms with Crippen molar-refractivity contribution < 1.29 is 14.6 Å². The van der Waals surface area contributed by atoms with E-state index in [4.69, 9.17) is 4.74 Å². The van der Waals surface area contributed by atoms with Gasteiger partial charge in [-0.2, -0.15) is 5.26 Å². The molecule has 1 aromatic heterocycles. The van der Waals surface area contributed by atoms with Gasteiger partial charge in [-0.15, -0.1) is 12.4 Å². The van der Waals surface area contributed by atoms with Gasteiger partial charge in [-0.1, -0.05) is 0 Å². The molecule has 1 fully saturated rings. The first kappa shape index (κ1) is 21.6. The third-order valence-electron chi connectivity index (χ3n) is 5.90. The molecule has 2 heterocycles. The molecule has 6 nitrogen and oxygen atoms in total. The number of nitrogens with one attached hydrogen (secondary N) is 1. The Kier molecular flexibility index (Phi) is 6.52. The molecule has 2 N–H and O–H groups in total. The zero-order chi connectivity index (χ0) is 19.8. The van der Waals surface area contributed by atoms with Gasteiger partial charge in [0.05, 0.1) is 29.9 Å². The molecule has 2 aromatic rings. The Balaban J connectivity index is 0.00000240. The highest BCUT2D eigenvalue weighted by Gasteiger charge is 2.33. The summed E-state index contributed by atoms with van der Waals surface area (Å²) in [6.45, 7) is 5.26. The lowest BCUT2D eigenvalue weighted by molar-refractivity contribution is -0.148. The minimum Gasteiger partial charge on any atom is -0.463 e. The molecule has 3 atom stereocenters. The van der Waals surface area contributed by atoms with Crippen molar-refractivity contribution >= 4 is 29.3 Å². The maximum Gasteiger partial charge on any atom is 0.306 e. The molecule has 0 spiro atoms. The number of halogens is 1. The molecular weight excluding hydrogens is 390 g/mol. The molecule has 0 bridgehead atoms. The normalized spacial score (nSPS) is 23.1. The third kappa shape index (κ3) is 4.28. The SMILES string of the molecule is CC(C)OC(=O)C[C@H]1Cc2c(n(CC3NCCC3O)c3ccc(C#N)cc23)C1.Cl. The van der Waals surface area contributed by atoms with E-state index in [1.807, 2.05) is 32.0 Å². The second kappa shape index (κ2) is 8.74. The predicted octanol–water partition coefficient (Wildman–Crippen LogP) is 2.71. The Morgan fingerprint density at radius 2 is 2.21 bits per heavy atom. The summed E-state index contributed by atoms with van der Waals surface area (Å²) in [5.74, 6) is 0.0747. The highest BCUT2D eigenvalue weighted by Crippen LogP contribution is 2.38. The maximum atomic E-state index is 12.1. The number of carbonyl (C=O) groups is 1. The summed E-state index contributed by atoms with van der Waals surface area (Å²) in [4.78, 5) is 12.1. The van der Waals surface area contributed by atoms with E-state index in [1.165, 1.54) is 11.3 Å². The van der Waals surface area contributed by atoms with E-state index in [2.05, 4.69) is 16.0 Å². The topological polar surface area (TPSA) is 87.3 Å². The molecule has 0 amide bonds. The van der Waals surface area contributed by atoms with Gasteiger partial charge < -0.3 is 19.7 Å². The van der Waals surface area contributed by atoms with Gasteiger partial charge >= 0.3 is 5.97 Å². The van der Waals surface area contributed by atoms with Crippen molar-refractivity contribution in [3.8, 4) is 6.07 Å². The lowest BCUT2D eigenvalue weighted by Crippen LogP contribution is -2.35. The van der Waals surface area contributed by atoms with E-state index >= 15 is 0 Å². The van der Waals surface area contributed by atoms with Gasteiger partial charge in [-0.3, -0.25) is 4.79 Å². The maximum absolute atomic E-state index is 12.1. The molecule has 1 saturated heterocycles. The third-order valence-corrected chi connectivity index (χ3v) is 5.90. The number of esters is 1. The van der Waals surface area contributed by atoms with Crippen LogP contribution in [0.5, 0.6) is 0 Å². The van der Waals surface area contributed by atoms with E-state index in [0.29, 0.717) is 18.5 Å². The van der Waals surface area contributed by atoms with Crippen molar-refractivity contribution in [1.82, 2.24) is 9.88 Å². The van der Waals surface area contributed by atoms with Crippen LogP contribution in [0.15, 0.2) is 18.2 Å². The van der Waals surface area contributed by atoms with Crippen molar-refractivity contribution in [2.24, 2.45) is 5.92 Å². The van der Waals surface area contributed by atoms with Gasteiger partial charge in [0.15, 0.2) is 0 Å². The highest BCUT2D eigenvalue weighted by atomic mass is 35.5. The van der Waals surface area contributed by atoms with Gasteiger partial charge in [0, 0.05) is 29.6 Å². The molecule has 0 saturated carbocycles. The smallest absolute Gasteiger partial charge is 0.306 e. The Morgan fingerprint density at radius 1 is 1.41 bits per heavy atom. The molecule has 4 rings (SSSR count). The van der Waals surface area contributed by atoms with Gasteiger partial charge in [-0.05, 0) is 69.3 Å². The first-order valence-electron chi connectivity index (χ1n) is 10.1. The summed E-state index contributed by atoms with van der Waals surface area (Å²) in [6, 6.07) is 8.07. The second-order valence-electron chi connectivity index (χ2n) is 8.31. The Labute approximate surface area is 177 Å². The number of fused-ring (bicyclic) bond motifs is 3. The molecule has 1 aliphatic heterocycles. The van der Waals surface area contributed by atoms with E-state index < -0.39 is 0 Å². The summed E-state index contributed by atoms with van der Waals surface area (Å²) in [5, 5.41) is 24.1. The number of hydrogen-bond donors (Lipinski definition) is 2. The average molecular weight is 418 g/mol. The Bertz CT molecular complexity index is 947. The molecule has 2 unspecified atom stereocenters. The van der Waals surface area contributed by atoms with Crippen LogP contribution in [0.25, 0.3) is 10.9 Å². The van der Waals surface area contributed by atoms with Crippen molar-refractivity contribution in [1.29, 1.82) is 5.26 Å². The van der Waals surface area contributed by atoms with Gasteiger partial charge in [-0.25, -0.2) is 0 Å². The monoisotopic (exact) mass is 417 g/mol. The van der Waals surface area contributed by atoms with Gasteiger partial charge in [0.2, 0.25) is 0 Å². The minimum atomic E-state index is -0.343. The second-order valence-corrected chi connectivity index (χ2v) is 8.31. The van der Waals surface area contributed by atoms with Crippen LogP contribution in [-0.2, 0) is 28.9 Å². The van der Waals surface area contributed by atoms with Crippen molar-refractivity contribution in [3.63, 3.8) is 0 Å². The Morgan fingerprint density at radius 3 is 2.86 bits per heavy atom. The van der Waals surface area contributed by atoms with E-state index in [-0.39, 0.29) is 42.5 Å². The van der Waals surface area contributed by atoms with Crippen LogP contribution in [0.2, 0.25) is 0 Å². The fourth-order valence-electron chi connectivity index (χ4n) is 4.68. The summed E-state index contributed by atoms with van der Waals surface area (Å²) >= 11 is 0. The van der Waals surface area contributed by atoms with Crippen LogP contribution in [0.3, 0.4) is 0 Å². The number of hydrogen-bond acceptors (Lipinski definition) is 5. The molecule has 1 aliphatic carbocycles. The number of nitrogens with zero attached hydrogens (tertiary/aromatic N) is 2. The van der Waals surface area contributed by atoms with E-state index in [0.717, 1.165) is 36.7 Å². The van der Waals surface area contributed by atoms with Crippen molar-refractivity contribution in [3.05, 3.63) is 35.0 Å². The fraction of sp³-hybridized carbons (Fsp3) is 0.545. The standard InChI is InChI=1S/C22H27N3O3.ClH/c1-13(2)28-22(27)10-15-8-17-16-7-14(11-23)3-4-19(16)25(20(17)9-15)12-18-21(26)5-6-24-18;/h3-4,7,13,15,18,21,24,26H,5-6,8-10,12H2,1-2H3;1H/t15-,18?,21?;/m0./s1. The average Bonchev–Trinajstić information content (AvgIpc) is 3.30. The summed E-state index contributed by atoms with van der Waals surface area (Å²) < 4.78 is 7.62. The zero-order valence-corrected chi connectivity index (χ0v) is 17.7. The molecule has 29 heavy (non-hydrogen) atoms. The number of carbonyl (C=O) groups excluding carboxylic acids is 1. The van der Waals surface area contributed by atoms with Crippen LogP contribution >= 0.6 is 12.4 Å². The molecule has 1 aromatic carbocycles. The summed E-state index contributed by atoms with van der Waals surface area (Å²) in [5.41, 5.74) is 4.22. The number of ether oxygens (including phenoxy) is 1. The van der Waals surface area contributed by atoms with Gasteiger partial charge in [0.1, 0.15) is 0 Å². The number of aliphatic hydroxyl groups excluding tert-OH is 1. The first-order valence-corrected chi connectivity index (χ1v) is 10.1. The number of aromatic nitrogens is 1. The van der Waals surface area contributed by atoms with Crippen molar-refractivity contribution in [2.45, 2.75) is 64.3 Å². The summed E-state index contributed by atoms with van der Waals surface area (Å²) in [7, 11) is 0. The lowest BCUT2D eigenvalue weighted by Gasteiger charge is -2.19. The molecule has 156 valence electrons. The molecule has 2 aliphatic rings. The zero-order valence-electron chi connectivity index (χ0n) is 16.9. The number of aliphatic hydroxyl groups is 1. The lowest BCUT2D eigenvalue weighted by atomic mass is 10.0. The van der Waals surface area contributed by atoms with E-state index in [1.54, 1.807) is 0 Å². The first-order chi connectivity index (χ1) is 13.5. The number of nitriles is 1. The minimum absolute atomic E-state index is 0. The number of benzene rings is 1. The predicted molar refractivity (Wildman–Crippen MR) is 113 cm³/mol. The molecule has 7 heteroatoms. The number of rotatable bonds is 5. The largest absolute Gasteiger partial charge is 0.463 e. The molecule has 0 radical (unpaired) electrons.